The van der Waals surface area contributed by atoms with Crippen molar-refractivity contribution in [3.8, 4) is 0 Å². The molecule has 24 heavy (non-hydrogen) atoms. The highest BCUT2D eigenvalue weighted by atomic mass is 32.2. The Bertz CT molecular complexity index is 1160. The summed E-state index contributed by atoms with van der Waals surface area (Å²) in [5.41, 5.74) is 0.691. The Labute approximate surface area is 137 Å². The van der Waals surface area contributed by atoms with E-state index in [9.17, 15) is 18.0 Å². The summed E-state index contributed by atoms with van der Waals surface area (Å²) in [5.74, 6) is 0. The summed E-state index contributed by atoms with van der Waals surface area (Å²) in [6.45, 7) is 3.51. The lowest BCUT2D eigenvalue weighted by Gasteiger charge is -2.11. The molecule has 3 N–H and O–H groups in total. The Morgan fingerprint density at radius 3 is 2.25 bits per heavy atom. The van der Waals surface area contributed by atoms with Crippen molar-refractivity contribution >= 4 is 26.5 Å². The van der Waals surface area contributed by atoms with E-state index in [1.54, 1.807) is 26.0 Å². The molecule has 8 heteroatoms. The summed E-state index contributed by atoms with van der Waals surface area (Å²) in [6, 6.07) is 9.33. The van der Waals surface area contributed by atoms with Crippen LogP contribution in [0, 0.1) is 13.8 Å². The van der Waals surface area contributed by atoms with E-state index in [1.165, 1.54) is 18.2 Å². The zero-order valence-corrected chi connectivity index (χ0v) is 13.8. The third-order valence-electron chi connectivity index (χ3n) is 3.68. The van der Waals surface area contributed by atoms with E-state index in [1.807, 2.05) is 6.07 Å². The summed E-state index contributed by atoms with van der Waals surface area (Å²) < 4.78 is 27.6. The Morgan fingerprint density at radius 2 is 1.54 bits per heavy atom. The van der Waals surface area contributed by atoms with Gasteiger partial charge in [-0.05, 0) is 49.2 Å². The summed E-state index contributed by atoms with van der Waals surface area (Å²) >= 11 is 0. The highest BCUT2D eigenvalue weighted by Gasteiger charge is 2.17. The van der Waals surface area contributed by atoms with Crippen LogP contribution in [0.5, 0.6) is 0 Å². The average Bonchev–Trinajstić information content (AvgIpc) is 2.53. The third-order valence-corrected chi connectivity index (χ3v) is 5.21. The van der Waals surface area contributed by atoms with Gasteiger partial charge in [-0.1, -0.05) is 12.1 Å². The van der Waals surface area contributed by atoms with Crippen LogP contribution in [0.4, 0.5) is 5.69 Å². The van der Waals surface area contributed by atoms with Gasteiger partial charge in [-0.25, -0.2) is 8.42 Å². The van der Waals surface area contributed by atoms with Crippen LogP contribution < -0.4 is 15.8 Å². The lowest BCUT2D eigenvalue weighted by Crippen LogP contribution is -2.19. The maximum absolute atomic E-state index is 12.6. The molecule has 7 nitrogen and oxygen atoms in total. The van der Waals surface area contributed by atoms with Crippen molar-refractivity contribution in [1.82, 2.24) is 10.2 Å². The van der Waals surface area contributed by atoms with E-state index in [0.717, 1.165) is 5.56 Å². The van der Waals surface area contributed by atoms with Crippen molar-refractivity contribution in [3.63, 3.8) is 0 Å². The monoisotopic (exact) mass is 345 g/mol. The van der Waals surface area contributed by atoms with Crippen molar-refractivity contribution in [2.24, 2.45) is 0 Å². The minimum absolute atomic E-state index is 0.111. The quantitative estimate of drug-likeness (QED) is 0.670. The summed E-state index contributed by atoms with van der Waals surface area (Å²) in [5, 5.41) is 4.73. The third kappa shape index (κ3) is 2.83. The normalized spacial score (nSPS) is 11.6. The minimum Gasteiger partial charge on any atom is -0.280 e. The Hall–Kier alpha value is -2.87. The van der Waals surface area contributed by atoms with Gasteiger partial charge in [0.25, 0.3) is 21.1 Å². The minimum atomic E-state index is -3.81. The van der Waals surface area contributed by atoms with Crippen LogP contribution in [-0.4, -0.2) is 18.6 Å². The molecule has 0 saturated carbocycles. The SMILES string of the molecule is Cc1ccc(C)c(S(=O)(=O)Nc2ccc3c(=O)[nH][nH]c(=O)c3c2)c1. The fourth-order valence-electron chi connectivity index (χ4n) is 2.45. The first-order valence-corrected chi connectivity index (χ1v) is 8.61. The molecule has 0 unspecified atom stereocenters. The number of hydrogen-bond acceptors (Lipinski definition) is 4. The lowest BCUT2D eigenvalue weighted by atomic mass is 10.2. The molecular formula is C16H15N3O4S. The number of anilines is 1. The summed E-state index contributed by atoms with van der Waals surface area (Å²) in [4.78, 5) is 23.7. The molecule has 0 aliphatic carbocycles. The number of nitrogens with one attached hydrogen (secondary N) is 3. The predicted molar refractivity (Wildman–Crippen MR) is 91.9 cm³/mol. The summed E-state index contributed by atoms with van der Waals surface area (Å²) in [7, 11) is -3.81. The van der Waals surface area contributed by atoms with Gasteiger partial charge in [-0.3, -0.25) is 24.5 Å². The molecule has 124 valence electrons. The molecule has 1 heterocycles. The standard InChI is InChI=1S/C16H15N3O4S/c1-9-3-4-10(2)14(7-9)24(22,23)19-11-5-6-12-13(8-11)16(21)18-17-15(12)20/h3-8,19H,1-2H3,(H,17,20)(H,18,21). The van der Waals surface area contributed by atoms with Crippen LogP contribution in [0.3, 0.4) is 0 Å². The van der Waals surface area contributed by atoms with Gasteiger partial charge >= 0.3 is 0 Å². The number of aryl methyl sites for hydroxylation is 2. The number of hydrogen-bond donors (Lipinski definition) is 3. The highest BCUT2D eigenvalue weighted by Crippen LogP contribution is 2.21. The van der Waals surface area contributed by atoms with Gasteiger partial charge in [0, 0.05) is 5.69 Å². The fourth-order valence-corrected chi connectivity index (χ4v) is 3.83. The average molecular weight is 345 g/mol. The second-order valence-electron chi connectivity index (χ2n) is 5.54. The van der Waals surface area contributed by atoms with Crippen molar-refractivity contribution in [1.29, 1.82) is 0 Å². The van der Waals surface area contributed by atoms with E-state index >= 15 is 0 Å². The van der Waals surface area contributed by atoms with E-state index in [2.05, 4.69) is 14.9 Å². The van der Waals surface area contributed by atoms with Gasteiger partial charge in [0.2, 0.25) is 0 Å². The first-order valence-electron chi connectivity index (χ1n) is 7.13. The van der Waals surface area contributed by atoms with Crippen molar-refractivity contribution in [2.75, 3.05) is 4.72 Å². The molecule has 0 bridgehead atoms. The second kappa shape index (κ2) is 5.64. The molecule has 3 aromatic rings. The molecule has 0 spiro atoms. The molecule has 1 aromatic heterocycles. The Kier molecular flexibility index (Phi) is 3.76. The van der Waals surface area contributed by atoms with Crippen molar-refractivity contribution in [3.05, 3.63) is 68.2 Å². The van der Waals surface area contributed by atoms with Gasteiger partial charge < -0.3 is 0 Å². The van der Waals surface area contributed by atoms with E-state index in [0.29, 0.717) is 5.56 Å². The first-order chi connectivity index (χ1) is 11.3. The lowest BCUT2D eigenvalue weighted by molar-refractivity contribution is 0.600. The number of H-pyrrole nitrogens is 2. The molecule has 0 amide bonds. The van der Waals surface area contributed by atoms with Crippen LogP contribution in [0.1, 0.15) is 11.1 Å². The molecule has 0 atom stereocenters. The van der Waals surface area contributed by atoms with Crippen LogP contribution in [0.15, 0.2) is 50.9 Å². The zero-order valence-electron chi connectivity index (χ0n) is 13.0. The van der Waals surface area contributed by atoms with Crippen molar-refractivity contribution in [2.45, 2.75) is 18.7 Å². The molecular weight excluding hydrogens is 330 g/mol. The molecule has 0 radical (unpaired) electrons. The maximum atomic E-state index is 12.6. The molecule has 2 aromatic carbocycles. The maximum Gasteiger partial charge on any atom is 0.270 e. The van der Waals surface area contributed by atoms with Crippen LogP contribution >= 0.6 is 0 Å². The largest absolute Gasteiger partial charge is 0.280 e. The van der Waals surface area contributed by atoms with E-state index in [-0.39, 0.29) is 21.4 Å². The number of benzene rings is 2. The number of rotatable bonds is 3. The smallest absolute Gasteiger partial charge is 0.270 e. The Morgan fingerprint density at radius 1 is 0.875 bits per heavy atom. The van der Waals surface area contributed by atoms with E-state index < -0.39 is 21.1 Å². The van der Waals surface area contributed by atoms with E-state index in [4.69, 9.17) is 0 Å². The second-order valence-corrected chi connectivity index (χ2v) is 7.19. The number of aromatic amines is 2. The molecule has 0 fully saturated rings. The predicted octanol–water partition coefficient (Wildman–Crippen LogP) is 1.63. The molecule has 0 aliphatic rings. The highest BCUT2D eigenvalue weighted by molar-refractivity contribution is 7.92. The molecule has 3 rings (SSSR count). The number of sulfonamides is 1. The van der Waals surface area contributed by atoms with Gasteiger partial charge in [0.15, 0.2) is 0 Å². The Balaban J connectivity index is 2.09. The van der Waals surface area contributed by atoms with Crippen LogP contribution in [0.2, 0.25) is 0 Å². The van der Waals surface area contributed by atoms with Gasteiger partial charge in [-0.2, -0.15) is 0 Å². The van der Waals surface area contributed by atoms with Crippen LogP contribution in [-0.2, 0) is 10.0 Å². The number of aromatic nitrogens is 2. The number of fused-ring (bicyclic) bond motifs is 1. The summed E-state index contributed by atoms with van der Waals surface area (Å²) in [6.07, 6.45) is 0. The first kappa shape index (κ1) is 16.0. The van der Waals surface area contributed by atoms with Crippen LogP contribution in [0.25, 0.3) is 10.8 Å². The zero-order chi connectivity index (χ0) is 17.5. The van der Waals surface area contributed by atoms with Gasteiger partial charge in [-0.15, -0.1) is 0 Å². The fraction of sp³-hybridized carbons (Fsp3) is 0.125. The van der Waals surface area contributed by atoms with Gasteiger partial charge in [0.05, 0.1) is 15.7 Å². The molecule has 0 saturated heterocycles. The molecule has 0 aliphatic heterocycles. The van der Waals surface area contributed by atoms with Crippen molar-refractivity contribution < 1.29 is 8.42 Å². The van der Waals surface area contributed by atoms with Gasteiger partial charge in [0.1, 0.15) is 0 Å². The topological polar surface area (TPSA) is 112 Å².